The Morgan fingerprint density at radius 1 is 0.957 bits per heavy atom. The summed E-state index contributed by atoms with van der Waals surface area (Å²) in [5.41, 5.74) is 1.40. The Kier molecular flexibility index (Phi) is 8.94. The molecule has 6 nitrogen and oxygen atoms in total. The third-order valence-electron chi connectivity index (χ3n) is 3.70. The van der Waals surface area contributed by atoms with Gasteiger partial charge >= 0.3 is 5.97 Å². The zero-order chi connectivity index (χ0) is 17.1. The van der Waals surface area contributed by atoms with E-state index in [9.17, 15) is 19.8 Å². The number of aliphatic hydroxyl groups is 2. The number of aliphatic carboxylic acids is 1. The molecule has 1 rings (SSSR count). The number of carbonyl (C=O) groups is 2. The molecule has 4 N–H and O–H groups in total. The van der Waals surface area contributed by atoms with Crippen LogP contribution in [0.5, 0.6) is 0 Å². The molecular formula is C17H25NO5. The molecule has 0 atom stereocenters. The summed E-state index contributed by atoms with van der Waals surface area (Å²) >= 11 is 0. The quantitative estimate of drug-likeness (QED) is 0.465. The summed E-state index contributed by atoms with van der Waals surface area (Å²) in [7, 11) is 0. The van der Waals surface area contributed by atoms with Crippen LogP contribution >= 0.6 is 0 Å². The molecule has 0 aromatic heterocycles. The minimum Gasteiger partial charge on any atom is -0.481 e. The number of nitrogens with one attached hydrogen (secondary N) is 1. The van der Waals surface area contributed by atoms with Crippen LogP contribution in [-0.4, -0.2) is 33.7 Å². The van der Waals surface area contributed by atoms with Crippen LogP contribution in [0, 0.1) is 0 Å². The first kappa shape index (κ1) is 19.1. The van der Waals surface area contributed by atoms with Crippen molar-refractivity contribution >= 4 is 11.9 Å². The van der Waals surface area contributed by atoms with E-state index in [1.54, 1.807) is 18.2 Å². The summed E-state index contributed by atoms with van der Waals surface area (Å²) in [5, 5.41) is 29.9. The van der Waals surface area contributed by atoms with Gasteiger partial charge in [-0.15, -0.1) is 0 Å². The monoisotopic (exact) mass is 323 g/mol. The molecule has 0 heterocycles. The maximum atomic E-state index is 12.1. The molecule has 1 aromatic carbocycles. The highest BCUT2D eigenvalue weighted by atomic mass is 16.4. The van der Waals surface area contributed by atoms with Gasteiger partial charge in [-0.2, -0.15) is 0 Å². The van der Waals surface area contributed by atoms with Gasteiger partial charge in [0.05, 0.1) is 13.2 Å². The minimum atomic E-state index is -0.762. The molecule has 23 heavy (non-hydrogen) atoms. The zero-order valence-electron chi connectivity index (χ0n) is 13.3. The number of amides is 1. The van der Waals surface area contributed by atoms with Crippen molar-refractivity contribution in [2.75, 3.05) is 6.54 Å². The number of unbranched alkanes of at least 4 members (excludes halogenated alkanes) is 4. The van der Waals surface area contributed by atoms with E-state index < -0.39 is 5.97 Å². The Morgan fingerprint density at radius 2 is 1.65 bits per heavy atom. The molecule has 1 aromatic rings. The molecule has 6 heteroatoms. The summed E-state index contributed by atoms with van der Waals surface area (Å²) in [6, 6.07) is 4.99. The third kappa shape index (κ3) is 6.80. The Labute approximate surface area is 136 Å². The molecule has 0 unspecified atom stereocenters. The summed E-state index contributed by atoms with van der Waals surface area (Å²) in [6.45, 7) is 0.0302. The molecule has 0 fully saturated rings. The highest BCUT2D eigenvalue weighted by molar-refractivity contribution is 5.95. The number of hydrogen-bond acceptors (Lipinski definition) is 4. The van der Waals surface area contributed by atoms with E-state index in [-0.39, 0.29) is 25.5 Å². The van der Waals surface area contributed by atoms with Crippen molar-refractivity contribution in [3.63, 3.8) is 0 Å². The van der Waals surface area contributed by atoms with Crippen molar-refractivity contribution in [3.8, 4) is 0 Å². The van der Waals surface area contributed by atoms with Gasteiger partial charge in [0, 0.05) is 18.5 Å². The smallest absolute Gasteiger partial charge is 0.303 e. The normalized spacial score (nSPS) is 10.5. The van der Waals surface area contributed by atoms with Crippen molar-refractivity contribution in [2.45, 2.75) is 51.7 Å². The number of rotatable bonds is 11. The molecule has 0 radical (unpaired) electrons. The van der Waals surface area contributed by atoms with Gasteiger partial charge in [-0.3, -0.25) is 9.59 Å². The predicted octanol–water partition coefficient (Wildman–Crippen LogP) is 1.83. The van der Waals surface area contributed by atoms with Gasteiger partial charge in [0.2, 0.25) is 0 Å². The first-order chi connectivity index (χ1) is 11.1. The van der Waals surface area contributed by atoms with E-state index in [4.69, 9.17) is 5.11 Å². The van der Waals surface area contributed by atoms with Gasteiger partial charge in [0.1, 0.15) is 0 Å². The number of aliphatic hydroxyl groups excluding tert-OH is 2. The lowest BCUT2D eigenvalue weighted by Crippen LogP contribution is -2.26. The van der Waals surface area contributed by atoms with Crippen LogP contribution in [0.1, 0.15) is 60.0 Å². The summed E-state index contributed by atoms with van der Waals surface area (Å²) in [5.74, 6) is -1.02. The lowest BCUT2D eigenvalue weighted by atomic mass is 10.0. The van der Waals surface area contributed by atoms with Crippen LogP contribution in [0.2, 0.25) is 0 Å². The minimum absolute atomic E-state index is 0.210. The van der Waals surface area contributed by atoms with Gasteiger partial charge in [0.15, 0.2) is 0 Å². The molecule has 0 spiro atoms. The zero-order valence-corrected chi connectivity index (χ0v) is 13.3. The maximum absolute atomic E-state index is 12.1. The Bertz CT molecular complexity index is 516. The van der Waals surface area contributed by atoms with E-state index in [2.05, 4.69) is 5.32 Å². The topological polar surface area (TPSA) is 107 Å². The van der Waals surface area contributed by atoms with Crippen LogP contribution in [0.25, 0.3) is 0 Å². The van der Waals surface area contributed by atoms with E-state index in [1.807, 2.05) is 0 Å². The largest absolute Gasteiger partial charge is 0.481 e. The van der Waals surface area contributed by atoms with Gasteiger partial charge in [-0.25, -0.2) is 0 Å². The van der Waals surface area contributed by atoms with E-state index in [1.165, 1.54) is 0 Å². The van der Waals surface area contributed by atoms with Crippen LogP contribution < -0.4 is 5.32 Å². The van der Waals surface area contributed by atoms with Crippen molar-refractivity contribution in [3.05, 3.63) is 34.9 Å². The lowest BCUT2D eigenvalue weighted by molar-refractivity contribution is -0.137. The van der Waals surface area contributed by atoms with Crippen LogP contribution in [-0.2, 0) is 18.0 Å². The molecule has 0 bridgehead atoms. The number of carbonyl (C=O) groups excluding carboxylic acids is 1. The van der Waals surface area contributed by atoms with Crippen molar-refractivity contribution in [2.24, 2.45) is 0 Å². The van der Waals surface area contributed by atoms with E-state index in [0.29, 0.717) is 29.7 Å². The summed E-state index contributed by atoms with van der Waals surface area (Å²) in [6.07, 6.45) is 4.49. The number of carboxylic acid groups (broad SMARTS) is 1. The second-order valence-corrected chi connectivity index (χ2v) is 5.43. The number of benzene rings is 1. The van der Waals surface area contributed by atoms with Gasteiger partial charge < -0.3 is 20.6 Å². The Balaban J connectivity index is 2.31. The lowest BCUT2D eigenvalue weighted by Gasteiger charge is -2.11. The summed E-state index contributed by atoms with van der Waals surface area (Å²) < 4.78 is 0. The van der Waals surface area contributed by atoms with Gasteiger partial charge in [-0.1, -0.05) is 31.4 Å². The molecule has 1 amide bonds. The van der Waals surface area contributed by atoms with Crippen LogP contribution in [0.4, 0.5) is 0 Å². The van der Waals surface area contributed by atoms with Gasteiger partial charge in [0.25, 0.3) is 5.91 Å². The second-order valence-electron chi connectivity index (χ2n) is 5.43. The SMILES string of the molecule is O=C(O)CCCCCCCNC(=O)c1cccc(CO)c1CO. The highest BCUT2D eigenvalue weighted by Gasteiger charge is 2.13. The Morgan fingerprint density at radius 3 is 2.30 bits per heavy atom. The molecule has 0 aliphatic rings. The molecule has 128 valence electrons. The molecule has 0 saturated heterocycles. The van der Waals surface area contributed by atoms with Crippen LogP contribution in [0.3, 0.4) is 0 Å². The molecule has 0 saturated carbocycles. The fourth-order valence-corrected chi connectivity index (χ4v) is 2.41. The average Bonchev–Trinajstić information content (AvgIpc) is 2.55. The fourth-order valence-electron chi connectivity index (χ4n) is 2.41. The first-order valence-electron chi connectivity index (χ1n) is 7.92. The number of carboxylic acids is 1. The fraction of sp³-hybridized carbons (Fsp3) is 0.529. The van der Waals surface area contributed by atoms with Crippen molar-refractivity contribution < 1.29 is 24.9 Å². The van der Waals surface area contributed by atoms with Crippen molar-refractivity contribution in [1.82, 2.24) is 5.32 Å². The molecule has 0 aliphatic heterocycles. The van der Waals surface area contributed by atoms with Gasteiger partial charge in [-0.05, 0) is 30.0 Å². The predicted molar refractivity (Wildman–Crippen MR) is 86.0 cm³/mol. The molecular weight excluding hydrogens is 298 g/mol. The van der Waals surface area contributed by atoms with Crippen molar-refractivity contribution in [1.29, 1.82) is 0 Å². The van der Waals surface area contributed by atoms with E-state index in [0.717, 1.165) is 25.7 Å². The maximum Gasteiger partial charge on any atom is 0.303 e. The summed E-state index contributed by atoms with van der Waals surface area (Å²) in [4.78, 5) is 22.5. The Hall–Kier alpha value is -1.92. The van der Waals surface area contributed by atoms with E-state index >= 15 is 0 Å². The number of hydrogen-bond donors (Lipinski definition) is 4. The van der Waals surface area contributed by atoms with Crippen LogP contribution in [0.15, 0.2) is 18.2 Å². The highest BCUT2D eigenvalue weighted by Crippen LogP contribution is 2.15. The average molecular weight is 323 g/mol. The third-order valence-corrected chi connectivity index (χ3v) is 3.70. The first-order valence-corrected chi connectivity index (χ1v) is 7.92. The molecule has 0 aliphatic carbocycles. The standard InChI is InChI=1S/C17H25NO5/c19-11-13-7-6-8-14(15(13)12-20)17(23)18-10-5-3-1-2-4-9-16(21)22/h6-8,19-20H,1-5,9-12H2,(H,18,23)(H,21,22). The second kappa shape index (κ2) is 10.7.